The average Bonchev–Trinajstić information content (AvgIpc) is 3.10. The number of piperidine rings is 1. The number of amides is 1. The second-order valence-electron chi connectivity index (χ2n) is 6.94. The van der Waals surface area contributed by atoms with Gasteiger partial charge in [-0.25, -0.2) is 0 Å². The quantitative estimate of drug-likeness (QED) is 0.841. The van der Waals surface area contributed by atoms with Crippen LogP contribution in [-0.2, 0) is 9.53 Å². The fraction of sp³-hybridized carbons (Fsp3) is 0.632. The van der Waals surface area contributed by atoms with E-state index in [-0.39, 0.29) is 12.0 Å². The molecule has 3 atom stereocenters. The third-order valence-electron chi connectivity index (χ3n) is 4.99. The van der Waals surface area contributed by atoms with Crippen LogP contribution in [0.2, 0.25) is 0 Å². The highest BCUT2D eigenvalue weighted by molar-refractivity contribution is 5.92. The molecule has 0 radical (unpaired) electrons. The van der Waals surface area contributed by atoms with Gasteiger partial charge < -0.3 is 20.1 Å². The molecule has 5 heteroatoms. The number of hydrogen-bond acceptors (Lipinski definition) is 4. The average molecular weight is 332 g/mol. The van der Waals surface area contributed by atoms with Crippen LogP contribution < -0.4 is 15.4 Å². The van der Waals surface area contributed by atoms with Crippen LogP contribution >= 0.6 is 0 Å². The monoisotopic (exact) mass is 332 g/mol. The van der Waals surface area contributed by atoms with Crippen molar-refractivity contribution in [2.24, 2.45) is 11.8 Å². The summed E-state index contributed by atoms with van der Waals surface area (Å²) in [7, 11) is 0. The SMILES string of the molecule is CC(CC(=O)Nc1ccccc1OC1CCOC1)C1CCCNC1. The highest BCUT2D eigenvalue weighted by Gasteiger charge is 2.23. The molecular weight excluding hydrogens is 304 g/mol. The van der Waals surface area contributed by atoms with E-state index in [0.29, 0.717) is 24.9 Å². The van der Waals surface area contributed by atoms with Gasteiger partial charge in [0, 0.05) is 12.8 Å². The number of rotatable bonds is 6. The smallest absolute Gasteiger partial charge is 0.224 e. The molecule has 2 fully saturated rings. The molecule has 0 saturated carbocycles. The maximum absolute atomic E-state index is 12.4. The Balaban J connectivity index is 1.55. The van der Waals surface area contributed by atoms with Gasteiger partial charge in [0.1, 0.15) is 11.9 Å². The molecule has 3 unspecified atom stereocenters. The maximum atomic E-state index is 12.4. The van der Waals surface area contributed by atoms with Crippen molar-refractivity contribution in [3.05, 3.63) is 24.3 Å². The molecule has 2 N–H and O–H groups in total. The minimum Gasteiger partial charge on any atom is -0.486 e. The molecule has 1 amide bonds. The van der Waals surface area contributed by atoms with Crippen molar-refractivity contribution in [1.82, 2.24) is 5.32 Å². The van der Waals surface area contributed by atoms with Crippen LogP contribution in [0.15, 0.2) is 24.3 Å². The minimum atomic E-state index is 0.0618. The first-order valence-corrected chi connectivity index (χ1v) is 9.06. The number of nitrogens with one attached hydrogen (secondary N) is 2. The predicted octanol–water partition coefficient (Wildman–Crippen LogP) is 2.82. The van der Waals surface area contributed by atoms with Crippen LogP contribution in [0.3, 0.4) is 0 Å². The summed E-state index contributed by atoms with van der Waals surface area (Å²) >= 11 is 0. The molecule has 5 nitrogen and oxygen atoms in total. The van der Waals surface area contributed by atoms with Crippen molar-refractivity contribution >= 4 is 11.6 Å². The fourth-order valence-corrected chi connectivity index (χ4v) is 3.48. The summed E-state index contributed by atoms with van der Waals surface area (Å²) in [4.78, 5) is 12.4. The number of carbonyl (C=O) groups is 1. The largest absolute Gasteiger partial charge is 0.486 e. The van der Waals surface area contributed by atoms with Gasteiger partial charge in [-0.1, -0.05) is 19.1 Å². The molecule has 0 aliphatic carbocycles. The van der Waals surface area contributed by atoms with Gasteiger partial charge >= 0.3 is 0 Å². The van der Waals surface area contributed by atoms with Crippen LogP contribution in [0, 0.1) is 11.8 Å². The molecule has 0 spiro atoms. The molecule has 1 aromatic rings. The van der Waals surface area contributed by atoms with Gasteiger partial charge in [-0.3, -0.25) is 4.79 Å². The van der Waals surface area contributed by atoms with E-state index in [1.165, 1.54) is 12.8 Å². The molecule has 132 valence electrons. The third kappa shape index (κ3) is 4.71. The van der Waals surface area contributed by atoms with Crippen molar-refractivity contribution in [3.8, 4) is 5.75 Å². The van der Waals surface area contributed by atoms with Crippen molar-refractivity contribution in [2.75, 3.05) is 31.6 Å². The molecular formula is C19H28N2O3. The number of ether oxygens (including phenoxy) is 2. The van der Waals surface area contributed by atoms with Crippen molar-refractivity contribution in [3.63, 3.8) is 0 Å². The summed E-state index contributed by atoms with van der Waals surface area (Å²) in [6.07, 6.45) is 3.94. The molecule has 0 bridgehead atoms. The topological polar surface area (TPSA) is 59.6 Å². The zero-order valence-electron chi connectivity index (χ0n) is 14.4. The van der Waals surface area contributed by atoms with Gasteiger partial charge in [-0.05, 0) is 49.9 Å². The normalized spacial score (nSPS) is 25.2. The minimum absolute atomic E-state index is 0.0618. The zero-order valence-corrected chi connectivity index (χ0v) is 14.4. The summed E-state index contributed by atoms with van der Waals surface area (Å²) in [5.74, 6) is 1.76. The van der Waals surface area contributed by atoms with E-state index in [1.807, 2.05) is 24.3 Å². The maximum Gasteiger partial charge on any atom is 0.224 e. The Labute approximate surface area is 144 Å². The van der Waals surface area contributed by atoms with Crippen molar-refractivity contribution in [1.29, 1.82) is 0 Å². The molecule has 1 aromatic carbocycles. The lowest BCUT2D eigenvalue weighted by atomic mass is 9.85. The standard InChI is InChI=1S/C19H28N2O3/c1-14(15-5-4-9-20-12-15)11-19(22)21-17-6-2-3-7-18(17)24-16-8-10-23-13-16/h2-3,6-7,14-16,20H,4-5,8-13H2,1H3,(H,21,22). The van der Waals surface area contributed by atoms with E-state index in [4.69, 9.17) is 9.47 Å². The van der Waals surface area contributed by atoms with Gasteiger partial charge in [-0.15, -0.1) is 0 Å². The molecule has 24 heavy (non-hydrogen) atoms. The molecule has 2 aliphatic rings. The Kier molecular flexibility index (Phi) is 6.10. The highest BCUT2D eigenvalue weighted by atomic mass is 16.5. The van der Waals surface area contributed by atoms with Crippen LogP contribution in [0.1, 0.15) is 32.6 Å². The molecule has 2 saturated heterocycles. The third-order valence-corrected chi connectivity index (χ3v) is 4.99. The number of para-hydroxylation sites is 2. The Hall–Kier alpha value is -1.59. The molecule has 3 rings (SSSR count). The summed E-state index contributed by atoms with van der Waals surface area (Å²) in [6.45, 7) is 5.66. The first kappa shape index (κ1) is 17.2. The van der Waals surface area contributed by atoms with E-state index in [1.54, 1.807) is 0 Å². The van der Waals surface area contributed by atoms with E-state index in [0.717, 1.165) is 37.6 Å². The van der Waals surface area contributed by atoms with Gasteiger partial charge in [0.2, 0.25) is 5.91 Å². The summed E-state index contributed by atoms with van der Waals surface area (Å²) < 4.78 is 11.3. The van der Waals surface area contributed by atoms with E-state index < -0.39 is 0 Å². The number of anilines is 1. The van der Waals surface area contributed by atoms with Crippen LogP contribution in [0.5, 0.6) is 5.75 Å². The molecule has 2 heterocycles. The van der Waals surface area contributed by atoms with E-state index >= 15 is 0 Å². The summed E-state index contributed by atoms with van der Waals surface area (Å²) in [5, 5.41) is 6.45. The molecule has 2 aliphatic heterocycles. The lowest BCUT2D eigenvalue weighted by Gasteiger charge is -2.28. The summed E-state index contributed by atoms with van der Waals surface area (Å²) in [6, 6.07) is 7.65. The number of hydrogen-bond donors (Lipinski definition) is 2. The first-order valence-electron chi connectivity index (χ1n) is 9.06. The van der Waals surface area contributed by atoms with E-state index in [2.05, 4.69) is 17.6 Å². The van der Waals surface area contributed by atoms with Gasteiger partial charge in [0.25, 0.3) is 0 Å². The van der Waals surface area contributed by atoms with Crippen molar-refractivity contribution < 1.29 is 14.3 Å². The number of carbonyl (C=O) groups excluding carboxylic acids is 1. The Morgan fingerprint density at radius 2 is 2.29 bits per heavy atom. The zero-order chi connectivity index (χ0) is 16.8. The lowest BCUT2D eigenvalue weighted by Crippen LogP contribution is -2.34. The van der Waals surface area contributed by atoms with Gasteiger partial charge in [0.15, 0.2) is 0 Å². The summed E-state index contributed by atoms with van der Waals surface area (Å²) in [5.41, 5.74) is 0.753. The number of benzene rings is 1. The Morgan fingerprint density at radius 1 is 1.42 bits per heavy atom. The van der Waals surface area contributed by atoms with Gasteiger partial charge in [-0.2, -0.15) is 0 Å². The second-order valence-corrected chi connectivity index (χ2v) is 6.94. The Bertz CT molecular complexity index is 537. The van der Waals surface area contributed by atoms with E-state index in [9.17, 15) is 4.79 Å². The Morgan fingerprint density at radius 3 is 3.04 bits per heavy atom. The van der Waals surface area contributed by atoms with Crippen molar-refractivity contribution in [2.45, 2.75) is 38.7 Å². The van der Waals surface area contributed by atoms with Crippen LogP contribution in [-0.4, -0.2) is 38.3 Å². The first-order chi connectivity index (χ1) is 11.7. The highest BCUT2D eigenvalue weighted by Crippen LogP contribution is 2.28. The molecule has 0 aromatic heterocycles. The fourth-order valence-electron chi connectivity index (χ4n) is 3.48. The van der Waals surface area contributed by atoms with Gasteiger partial charge in [0.05, 0.1) is 18.9 Å². The van der Waals surface area contributed by atoms with Crippen LogP contribution in [0.25, 0.3) is 0 Å². The second kappa shape index (κ2) is 8.49. The van der Waals surface area contributed by atoms with Crippen LogP contribution in [0.4, 0.5) is 5.69 Å². The predicted molar refractivity (Wildman–Crippen MR) is 94.3 cm³/mol. The lowest BCUT2D eigenvalue weighted by molar-refractivity contribution is -0.117.